The molecule has 0 unspecified atom stereocenters. The van der Waals surface area contributed by atoms with Crippen molar-refractivity contribution in [3.05, 3.63) is 11.8 Å². The third kappa shape index (κ3) is 3.39. The van der Waals surface area contributed by atoms with Crippen LogP contribution in [0.5, 0.6) is 0 Å². The second-order valence-electron chi connectivity index (χ2n) is 5.45. The highest BCUT2D eigenvalue weighted by atomic mass is 16.2. The third-order valence-electron chi connectivity index (χ3n) is 3.63. The van der Waals surface area contributed by atoms with Gasteiger partial charge in [0.1, 0.15) is 11.7 Å². The standard InChI is InChI=1S/C13H19N7O/c14-10(6-11(15)20-4-3-16-13(21)7-20)17-12-5-9(18-19-12)8-1-2-8/h5,8,15H,1-4,6-7H2,(H,16,21)(H3,14,17,18,19). The zero-order valence-electron chi connectivity index (χ0n) is 11.7. The predicted octanol–water partition coefficient (Wildman–Crippen LogP) is 0.0750. The Morgan fingerprint density at radius 3 is 3.10 bits per heavy atom. The summed E-state index contributed by atoms with van der Waals surface area (Å²) in [5, 5.41) is 17.8. The van der Waals surface area contributed by atoms with Crippen LogP contribution in [0, 0.1) is 5.41 Å². The Bertz CT molecular complexity index is 587. The van der Waals surface area contributed by atoms with Crippen LogP contribution >= 0.6 is 0 Å². The van der Waals surface area contributed by atoms with E-state index in [4.69, 9.17) is 11.1 Å². The minimum Gasteiger partial charge on any atom is -0.387 e. The molecule has 0 bridgehead atoms. The van der Waals surface area contributed by atoms with E-state index in [9.17, 15) is 4.79 Å². The number of H-pyrrole nitrogens is 1. The van der Waals surface area contributed by atoms with Gasteiger partial charge < -0.3 is 16.0 Å². The average Bonchev–Trinajstić information content (AvgIpc) is 3.20. The van der Waals surface area contributed by atoms with Crippen molar-refractivity contribution in [2.45, 2.75) is 25.2 Å². The maximum atomic E-state index is 11.3. The van der Waals surface area contributed by atoms with Crippen molar-refractivity contribution in [2.75, 3.05) is 19.6 Å². The van der Waals surface area contributed by atoms with Gasteiger partial charge in [0.2, 0.25) is 5.91 Å². The molecule has 3 rings (SSSR count). The Hall–Kier alpha value is -2.38. The fraction of sp³-hybridized carbons (Fsp3) is 0.538. The molecule has 0 aromatic carbocycles. The Kier molecular flexibility index (Phi) is 3.59. The lowest BCUT2D eigenvalue weighted by Crippen LogP contribution is -2.50. The molecule has 8 heteroatoms. The van der Waals surface area contributed by atoms with Crippen molar-refractivity contribution >= 4 is 23.4 Å². The molecule has 1 amide bonds. The van der Waals surface area contributed by atoms with Gasteiger partial charge in [-0.25, -0.2) is 4.99 Å². The largest absolute Gasteiger partial charge is 0.387 e. The van der Waals surface area contributed by atoms with Crippen LogP contribution in [0.15, 0.2) is 11.1 Å². The number of aromatic nitrogens is 2. The molecule has 2 fully saturated rings. The zero-order valence-corrected chi connectivity index (χ0v) is 11.7. The number of piperazine rings is 1. The van der Waals surface area contributed by atoms with Gasteiger partial charge >= 0.3 is 0 Å². The number of aromatic amines is 1. The fourth-order valence-corrected chi connectivity index (χ4v) is 2.33. The maximum Gasteiger partial charge on any atom is 0.239 e. The van der Waals surface area contributed by atoms with Gasteiger partial charge in [-0.2, -0.15) is 5.10 Å². The van der Waals surface area contributed by atoms with Gasteiger partial charge in [-0.05, 0) is 12.8 Å². The summed E-state index contributed by atoms with van der Waals surface area (Å²) in [5.74, 6) is 1.72. The van der Waals surface area contributed by atoms with Crippen molar-refractivity contribution in [3.8, 4) is 0 Å². The quantitative estimate of drug-likeness (QED) is 0.462. The number of amidine groups is 2. The molecule has 0 spiro atoms. The number of aliphatic imine (C=N–C) groups is 1. The Morgan fingerprint density at radius 1 is 1.57 bits per heavy atom. The molecule has 1 saturated heterocycles. The van der Waals surface area contributed by atoms with Crippen LogP contribution in [0.2, 0.25) is 0 Å². The number of hydrogen-bond donors (Lipinski definition) is 4. The van der Waals surface area contributed by atoms with E-state index in [1.165, 1.54) is 12.8 Å². The van der Waals surface area contributed by atoms with Crippen molar-refractivity contribution in [1.29, 1.82) is 5.41 Å². The van der Waals surface area contributed by atoms with Crippen molar-refractivity contribution in [3.63, 3.8) is 0 Å². The lowest BCUT2D eigenvalue weighted by atomic mass is 10.2. The normalized spacial score (nSPS) is 19.5. The minimum atomic E-state index is -0.0668. The van der Waals surface area contributed by atoms with E-state index in [0.29, 0.717) is 36.5 Å². The van der Waals surface area contributed by atoms with E-state index < -0.39 is 0 Å². The number of nitrogens with one attached hydrogen (secondary N) is 3. The van der Waals surface area contributed by atoms with Crippen LogP contribution in [0.3, 0.4) is 0 Å². The lowest BCUT2D eigenvalue weighted by Gasteiger charge is -2.28. The van der Waals surface area contributed by atoms with E-state index >= 15 is 0 Å². The third-order valence-corrected chi connectivity index (χ3v) is 3.63. The van der Waals surface area contributed by atoms with Crippen LogP contribution in [-0.4, -0.2) is 52.3 Å². The maximum absolute atomic E-state index is 11.3. The van der Waals surface area contributed by atoms with Gasteiger partial charge in [0.05, 0.1) is 13.0 Å². The lowest BCUT2D eigenvalue weighted by molar-refractivity contribution is -0.122. The van der Waals surface area contributed by atoms with Crippen LogP contribution < -0.4 is 11.1 Å². The Morgan fingerprint density at radius 2 is 2.38 bits per heavy atom. The first kappa shape index (κ1) is 13.6. The average molecular weight is 289 g/mol. The van der Waals surface area contributed by atoms with Crippen molar-refractivity contribution < 1.29 is 4.79 Å². The summed E-state index contributed by atoms with van der Waals surface area (Å²) in [6.45, 7) is 1.40. The molecule has 1 aromatic rings. The summed E-state index contributed by atoms with van der Waals surface area (Å²) in [5.41, 5.74) is 6.98. The van der Waals surface area contributed by atoms with Gasteiger partial charge in [0.25, 0.3) is 0 Å². The highest BCUT2D eigenvalue weighted by molar-refractivity contribution is 6.02. The number of nitrogens with zero attached hydrogens (tertiary/aromatic N) is 3. The smallest absolute Gasteiger partial charge is 0.239 e. The molecule has 2 heterocycles. The second-order valence-corrected chi connectivity index (χ2v) is 5.45. The van der Waals surface area contributed by atoms with E-state index in [1.54, 1.807) is 4.90 Å². The molecule has 21 heavy (non-hydrogen) atoms. The molecule has 8 nitrogen and oxygen atoms in total. The van der Waals surface area contributed by atoms with Crippen LogP contribution in [0.4, 0.5) is 5.82 Å². The summed E-state index contributed by atoms with van der Waals surface area (Å²) in [7, 11) is 0. The van der Waals surface area contributed by atoms with Gasteiger partial charge in [-0.15, -0.1) is 0 Å². The molecular formula is C13H19N7O. The predicted molar refractivity (Wildman–Crippen MR) is 78.8 cm³/mol. The van der Waals surface area contributed by atoms with Crippen molar-refractivity contribution in [2.24, 2.45) is 10.7 Å². The van der Waals surface area contributed by atoms with Crippen LogP contribution in [0.1, 0.15) is 30.9 Å². The molecule has 1 aliphatic carbocycles. The molecule has 112 valence electrons. The molecule has 5 N–H and O–H groups in total. The zero-order chi connectivity index (χ0) is 14.8. The second kappa shape index (κ2) is 5.55. The molecular weight excluding hydrogens is 270 g/mol. The Labute approximate surface area is 122 Å². The highest BCUT2D eigenvalue weighted by Crippen LogP contribution is 2.39. The SMILES string of the molecule is N=C(CC(N)=Nc1cc(C2CC2)[nH]n1)N1CCNC(=O)C1. The number of nitrogens with two attached hydrogens (primary N) is 1. The number of hydrogen-bond acceptors (Lipinski definition) is 4. The summed E-state index contributed by atoms with van der Waals surface area (Å²) in [6.07, 6.45) is 2.61. The number of carbonyl (C=O) groups excluding carboxylic acids is 1. The first-order chi connectivity index (χ1) is 10.1. The topological polar surface area (TPSA) is 123 Å². The molecule has 0 radical (unpaired) electrons. The van der Waals surface area contributed by atoms with Gasteiger partial charge in [-0.1, -0.05) is 0 Å². The van der Waals surface area contributed by atoms with Gasteiger partial charge in [-0.3, -0.25) is 15.3 Å². The number of amides is 1. The molecule has 0 atom stereocenters. The minimum absolute atomic E-state index is 0.0668. The van der Waals surface area contributed by atoms with Gasteiger partial charge in [0, 0.05) is 30.8 Å². The molecule has 1 aromatic heterocycles. The highest BCUT2D eigenvalue weighted by Gasteiger charge is 2.25. The van der Waals surface area contributed by atoms with E-state index in [2.05, 4.69) is 20.5 Å². The Balaban J connectivity index is 1.58. The first-order valence-corrected chi connectivity index (χ1v) is 7.09. The summed E-state index contributed by atoms with van der Waals surface area (Å²) < 4.78 is 0. The number of carbonyl (C=O) groups is 1. The summed E-state index contributed by atoms with van der Waals surface area (Å²) >= 11 is 0. The monoisotopic (exact) mass is 289 g/mol. The van der Waals surface area contributed by atoms with Crippen LogP contribution in [0.25, 0.3) is 0 Å². The van der Waals surface area contributed by atoms with E-state index in [0.717, 1.165) is 5.69 Å². The first-order valence-electron chi connectivity index (χ1n) is 7.09. The fourth-order valence-electron chi connectivity index (χ4n) is 2.33. The van der Waals surface area contributed by atoms with Crippen LogP contribution in [-0.2, 0) is 4.79 Å². The van der Waals surface area contributed by atoms with Crippen molar-refractivity contribution in [1.82, 2.24) is 20.4 Å². The number of rotatable bonds is 4. The summed E-state index contributed by atoms with van der Waals surface area (Å²) in [4.78, 5) is 17.2. The molecule has 1 saturated carbocycles. The van der Waals surface area contributed by atoms with E-state index in [-0.39, 0.29) is 18.9 Å². The van der Waals surface area contributed by atoms with E-state index in [1.807, 2.05) is 6.07 Å². The molecule has 1 aliphatic heterocycles. The molecule has 2 aliphatic rings. The summed E-state index contributed by atoms with van der Waals surface area (Å²) in [6, 6.07) is 1.91. The van der Waals surface area contributed by atoms with Gasteiger partial charge in [0.15, 0.2) is 5.82 Å².